The summed E-state index contributed by atoms with van der Waals surface area (Å²) in [5, 5.41) is 4.60. The Morgan fingerprint density at radius 2 is 2.13 bits per heavy atom. The number of carbonyl (C=O) groups is 2. The predicted octanol–water partition coefficient (Wildman–Crippen LogP) is 5.29. The molecule has 2 atom stereocenters. The van der Waals surface area contributed by atoms with E-state index in [4.69, 9.17) is 16.3 Å². The molecule has 4 rings (SSSR count). The van der Waals surface area contributed by atoms with Crippen LogP contribution >= 0.6 is 11.6 Å². The van der Waals surface area contributed by atoms with Crippen molar-refractivity contribution in [2.75, 3.05) is 11.9 Å². The summed E-state index contributed by atoms with van der Waals surface area (Å²) in [7, 11) is 0. The summed E-state index contributed by atoms with van der Waals surface area (Å²) in [6, 6.07) is 13.1. The predicted molar refractivity (Wildman–Crippen MR) is 118 cm³/mol. The maximum atomic E-state index is 12.5. The minimum Gasteiger partial charge on any atom is -0.447 e. The molecule has 1 saturated heterocycles. The van der Waals surface area contributed by atoms with Crippen LogP contribution in [0.5, 0.6) is 0 Å². The zero-order valence-corrected chi connectivity index (χ0v) is 17.7. The number of halogens is 1. The molecule has 0 unspecified atom stereocenters. The van der Waals surface area contributed by atoms with Gasteiger partial charge in [0.25, 0.3) is 0 Å². The molecule has 1 aliphatic heterocycles. The summed E-state index contributed by atoms with van der Waals surface area (Å²) < 4.78 is 5.36. The molecule has 1 aliphatic rings. The molecule has 2 aromatic carbocycles. The fourth-order valence-corrected chi connectivity index (χ4v) is 4.23. The van der Waals surface area contributed by atoms with E-state index in [-0.39, 0.29) is 24.1 Å². The van der Waals surface area contributed by atoms with Crippen LogP contribution in [-0.4, -0.2) is 34.5 Å². The fourth-order valence-electron chi connectivity index (χ4n) is 4.03. The lowest BCUT2D eigenvalue weighted by Crippen LogP contribution is -2.37. The molecule has 6 nitrogen and oxygen atoms in total. The van der Waals surface area contributed by atoms with Gasteiger partial charge in [-0.2, -0.15) is 0 Å². The van der Waals surface area contributed by atoms with Crippen LogP contribution in [0.4, 0.5) is 10.5 Å². The van der Waals surface area contributed by atoms with Gasteiger partial charge in [-0.25, -0.2) is 4.79 Å². The van der Waals surface area contributed by atoms with Crippen LogP contribution in [0, 0.1) is 0 Å². The summed E-state index contributed by atoms with van der Waals surface area (Å²) >= 11 is 6.15. The molecule has 0 bridgehead atoms. The second-order valence-corrected chi connectivity index (χ2v) is 7.99. The Hall–Kier alpha value is -2.99. The number of amides is 2. The third-order valence-electron chi connectivity index (χ3n) is 5.53. The molecule has 1 aromatic heterocycles. The van der Waals surface area contributed by atoms with Crippen molar-refractivity contribution in [1.29, 1.82) is 0 Å². The first-order valence-electron chi connectivity index (χ1n) is 10.1. The molecule has 3 aromatic rings. The van der Waals surface area contributed by atoms with E-state index in [1.54, 1.807) is 4.90 Å². The number of aromatic nitrogens is 1. The van der Waals surface area contributed by atoms with Gasteiger partial charge in [0.05, 0.1) is 17.2 Å². The maximum absolute atomic E-state index is 12.5. The molecule has 2 N–H and O–H groups in total. The average molecular weight is 426 g/mol. The van der Waals surface area contributed by atoms with E-state index in [9.17, 15) is 9.59 Å². The summed E-state index contributed by atoms with van der Waals surface area (Å²) in [6.45, 7) is 4.15. The van der Waals surface area contributed by atoms with E-state index < -0.39 is 0 Å². The van der Waals surface area contributed by atoms with Crippen LogP contribution in [0.3, 0.4) is 0 Å². The van der Waals surface area contributed by atoms with Crippen LogP contribution in [0.1, 0.15) is 37.4 Å². The number of ether oxygens (including phenoxy) is 1. The number of rotatable bonds is 6. The fraction of sp³-hybridized carbons (Fsp3) is 0.304. The lowest BCUT2D eigenvalue weighted by atomic mass is 10.0. The number of fused-ring (bicyclic) bond motifs is 1. The first kappa shape index (κ1) is 20.3. The highest BCUT2D eigenvalue weighted by Gasteiger charge is 2.37. The molecular weight excluding hydrogens is 402 g/mol. The lowest BCUT2D eigenvalue weighted by Gasteiger charge is -2.28. The van der Waals surface area contributed by atoms with Crippen LogP contribution < -0.4 is 5.32 Å². The summed E-state index contributed by atoms with van der Waals surface area (Å²) in [6.07, 6.45) is 2.70. The van der Waals surface area contributed by atoms with E-state index in [1.165, 1.54) is 0 Å². The summed E-state index contributed by atoms with van der Waals surface area (Å²) in [4.78, 5) is 29.4. The Morgan fingerprint density at radius 1 is 1.33 bits per heavy atom. The van der Waals surface area contributed by atoms with Gasteiger partial charge in [-0.15, -0.1) is 0 Å². The van der Waals surface area contributed by atoms with Crippen LogP contribution in [-0.2, 0) is 16.0 Å². The highest BCUT2D eigenvalue weighted by molar-refractivity contribution is 6.30. The average Bonchev–Trinajstić information content (AvgIpc) is 3.32. The van der Waals surface area contributed by atoms with Crippen LogP contribution in [0.2, 0.25) is 5.02 Å². The quantitative estimate of drug-likeness (QED) is 0.563. The van der Waals surface area contributed by atoms with E-state index in [0.29, 0.717) is 24.5 Å². The molecule has 0 radical (unpaired) electrons. The summed E-state index contributed by atoms with van der Waals surface area (Å²) in [5.74, 6) is -0.0313. The van der Waals surface area contributed by atoms with Crippen molar-refractivity contribution in [2.45, 2.75) is 38.8 Å². The van der Waals surface area contributed by atoms with Crippen molar-refractivity contribution in [1.82, 2.24) is 9.88 Å². The Bertz CT molecular complexity index is 1090. The molecule has 0 aliphatic carbocycles. The molecule has 0 saturated carbocycles. The third-order valence-corrected chi connectivity index (χ3v) is 5.77. The molecule has 30 heavy (non-hydrogen) atoms. The first-order chi connectivity index (χ1) is 14.5. The Morgan fingerprint density at radius 3 is 2.90 bits per heavy atom. The number of carbonyl (C=O) groups excluding carboxylic acids is 2. The van der Waals surface area contributed by atoms with Gasteiger partial charge < -0.3 is 15.0 Å². The Kier molecular flexibility index (Phi) is 5.68. The lowest BCUT2D eigenvalue weighted by molar-refractivity contribution is -0.115. The van der Waals surface area contributed by atoms with E-state index >= 15 is 0 Å². The number of H-pyrrole nitrogens is 1. The Balaban J connectivity index is 1.59. The number of nitrogens with one attached hydrogen (secondary N) is 2. The number of hydrogen-bond acceptors (Lipinski definition) is 3. The number of anilines is 1. The topological polar surface area (TPSA) is 74.4 Å². The van der Waals surface area contributed by atoms with Crippen LogP contribution in [0.15, 0.2) is 48.7 Å². The van der Waals surface area contributed by atoms with Crippen molar-refractivity contribution in [3.8, 4) is 0 Å². The zero-order chi connectivity index (χ0) is 21.3. The molecule has 0 spiro atoms. The van der Waals surface area contributed by atoms with Gasteiger partial charge in [0.1, 0.15) is 6.61 Å². The molecule has 7 heteroatoms. The number of benzene rings is 2. The number of cyclic esters (lactones) is 1. The number of nitrogens with zero attached hydrogens (tertiary/aromatic N) is 1. The third kappa shape index (κ3) is 3.87. The molecule has 2 amide bonds. The number of aromatic amines is 1. The van der Waals surface area contributed by atoms with Gasteiger partial charge in [0.15, 0.2) is 0 Å². The van der Waals surface area contributed by atoms with E-state index in [0.717, 1.165) is 27.7 Å². The van der Waals surface area contributed by atoms with E-state index in [2.05, 4.69) is 10.3 Å². The van der Waals surface area contributed by atoms with Gasteiger partial charge in [-0.1, -0.05) is 42.8 Å². The Labute approximate surface area is 180 Å². The van der Waals surface area contributed by atoms with Gasteiger partial charge in [0.2, 0.25) is 5.91 Å². The smallest absolute Gasteiger partial charge is 0.410 e. The van der Waals surface area contributed by atoms with Gasteiger partial charge >= 0.3 is 6.09 Å². The molecule has 1 fully saturated rings. The highest BCUT2D eigenvalue weighted by atomic mass is 35.5. The zero-order valence-electron chi connectivity index (χ0n) is 16.9. The van der Waals surface area contributed by atoms with Crippen molar-refractivity contribution in [2.24, 2.45) is 0 Å². The normalized spacial score (nSPS) is 17.2. The SMILES string of the molecule is CCC(=O)Nc1cccc2c(C[C@@H](C)N3C(=O)OC[C@@H]3c3cccc(Cl)c3)c[nH]c12. The standard InChI is InChI=1S/C23H24ClN3O3/c1-3-21(28)26-19-9-5-8-18-16(12-25-22(18)19)10-14(2)27-20(13-30-23(27)29)15-6-4-7-17(24)11-15/h4-9,11-12,14,20,25H,3,10,13H2,1-2H3,(H,26,28)/t14-,20-/m1/s1. The van der Waals surface area contributed by atoms with Crippen LogP contribution in [0.25, 0.3) is 10.9 Å². The van der Waals surface area contributed by atoms with Crippen molar-refractivity contribution in [3.05, 3.63) is 64.8 Å². The molecular formula is C23H24ClN3O3. The first-order valence-corrected chi connectivity index (χ1v) is 10.4. The number of para-hydroxylation sites is 1. The summed E-state index contributed by atoms with van der Waals surface area (Å²) in [5.41, 5.74) is 3.69. The van der Waals surface area contributed by atoms with Crippen molar-refractivity contribution < 1.29 is 14.3 Å². The monoisotopic (exact) mass is 425 g/mol. The van der Waals surface area contributed by atoms with Gasteiger partial charge in [-0.3, -0.25) is 9.69 Å². The van der Waals surface area contributed by atoms with Crippen molar-refractivity contribution >= 4 is 40.2 Å². The number of hydrogen-bond donors (Lipinski definition) is 2. The van der Waals surface area contributed by atoms with E-state index in [1.807, 2.05) is 62.5 Å². The largest absolute Gasteiger partial charge is 0.447 e. The second-order valence-electron chi connectivity index (χ2n) is 7.55. The minimum absolute atomic E-state index is 0.0313. The van der Waals surface area contributed by atoms with Gasteiger partial charge in [0, 0.05) is 29.1 Å². The van der Waals surface area contributed by atoms with Crippen molar-refractivity contribution in [3.63, 3.8) is 0 Å². The molecule has 156 valence electrons. The second kappa shape index (κ2) is 8.40. The maximum Gasteiger partial charge on any atom is 0.410 e. The van der Waals surface area contributed by atoms with Gasteiger partial charge in [-0.05, 0) is 42.7 Å². The minimum atomic E-state index is -0.316. The molecule has 2 heterocycles. The highest BCUT2D eigenvalue weighted by Crippen LogP contribution is 2.33.